The van der Waals surface area contributed by atoms with Crippen molar-refractivity contribution in [2.45, 2.75) is 25.8 Å². The first-order chi connectivity index (χ1) is 10.2. The van der Waals surface area contributed by atoms with Gasteiger partial charge < -0.3 is 10.5 Å². The van der Waals surface area contributed by atoms with Gasteiger partial charge >= 0.3 is 0 Å². The summed E-state index contributed by atoms with van der Waals surface area (Å²) < 4.78 is 5.50. The number of carbonyl (C=O) groups is 1. The molecule has 2 aromatic rings. The van der Waals surface area contributed by atoms with Crippen molar-refractivity contribution in [3.8, 4) is 5.75 Å². The van der Waals surface area contributed by atoms with Gasteiger partial charge in [-0.3, -0.25) is 4.79 Å². The molecule has 0 amide bonds. The minimum Gasteiger partial charge on any atom is -0.494 e. The summed E-state index contributed by atoms with van der Waals surface area (Å²) in [6.07, 6.45) is 1.27. The molecule has 0 saturated heterocycles. The number of hydrogen-bond donors (Lipinski definition) is 1. The third kappa shape index (κ3) is 4.43. The third-order valence-electron chi connectivity index (χ3n) is 3.28. The maximum atomic E-state index is 12.2. The summed E-state index contributed by atoms with van der Waals surface area (Å²) in [5.74, 6) is 0.842. The number of ether oxygens (including phenoxy) is 1. The lowest BCUT2D eigenvalue weighted by molar-refractivity contribution is 0.0974. The predicted molar refractivity (Wildman–Crippen MR) is 84.5 cm³/mol. The van der Waals surface area contributed by atoms with E-state index in [0.717, 1.165) is 17.7 Å². The first-order valence-electron chi connectivity index (χ1n) is 7.27. The van der Waals surface area contributed by atoms with Crippen LogP contribution in [0.2, 0.25) is 0 Å². The van der Waals surface area contributed by atoms with Crippen molar-refractivity contribution in [3.05, 3.63) is 65.7 Å². The van der Waals surface area contributed by atoms with Crippen molar-refractivity contribution in [1.82, 2.24) is 0 Å². The topological polar surface area (TPSA) is 52.3 Å². The largest absolute Gasteiger partial charge is 0.494 e. The van der Waals surface area contributed by atoms with Gasteiger partial charge in [0.25, 0.3) is 0 Å². The van der Waals surface area contributed by atoms with E-state index in [1.807, 2.05) is 42.5 Å². The first kappa shape index (κ1) is 15.3. The smallest absolute Gasteiger partial charge is 0.164 e. The second kappa shape index (κ2) is 7.60. The normalized spacial score (nSPS) is 11.9. The molecule has 0 radical (unpaired) electrons. The standard InChI is InChI=1S/C18H21NO2/c1-2-12-21-16-10-8-15(9-11-16)18(20)13-17(19)14-6-4-3-5-7-14/h3-11,17H,2,12-13,19H2,1H3. The van der Waals surface area contributed by atoms with Crippen LogP contribution in [0.15, 0.2) is 54.6 Å². The Bertz CT molecular complexity index is 564. The molecule has 3 heteroatoms. The van der Waals surface area contributed by atoms with Gasteiger partial charge in [0.1, 0.15) is 5.75 Å². The second-order valence-electron chi connectivity index (χ2n) is 5.02. The zero-order valence-corrected chi connectivity index (χ0v) is 12.3. The van der Waals surface area contributed by atoms with Gasteiger partial charge in [-0.1, -0.05) is 37.3 Å². The van der Waals surface area contributed by atoms with Crippen LogP contribution in [0.5, 0.6) is 5.75 Å². The van der Waals surface area contributed by atoms with Gasteiger partial charge in [0.2, 0.25) is 0 Å². The van der Waals surface area contributed by atoms with E-state index in [1.54, 1.807) is 12.1 Å². The van der Waals surface area contributed by atoms with Crippen molar-refractivity contribution in [2.75, 3.05) is 6.61 Å². The van der Waals surface area contributed by atoms with Gasteiger partial charge in [0.05, 0.1) is 6.61 Å². The molecule has 0 heterocycles. The fourth-order valence-electron chi connectivity index (χ4n) is 2.09. The number of carbonyl (C=O) groups excluding carboxylic acids is 1. The predicted octanol–water partition coefficient (Wildman–Crippen LogP) is 3.75. The number of benzene rings is 2. The maximum absolute atomic E-state index is 12.2. The Hall–Kier alpha value is -2.13. The van der Waals surface area contributed by atoms with Crippen molar-refractivity contribution in [2.24, 2.45) is 5.73 Å². The summed E-state index contributed by atoms with van der Waals surface area (Å²) in [7, 11) is 0. The number of rotatable bonds is 7. The molecule has 0 aliphatic rings. The second-order valence-corrected chi connectivity index (χ2v) is 5.02. The molecule has 0 spiro atoms. The number of nitrogens with two attached hydrogens (primary N) is 1. The Labute approximate surface area is 125 Å². The van der Waals surface area contributed by atoms with E-state index in [0.29, 0.717) is 18.6 Å². The Balaban J connectivity index is 1.97. The van der Waals surface area contributed by atoms with Crippen LogP contribution in [-0.2, 0) is 0 Å². The highest BCUT2D eigenvalue weighted by Crippen LogP contribution is 2.18. The number of ketones is 1. The van der Waals surface area contributed by atoms with E-state index in [4.69, 9.17) is 10.5 Å². The van der Waals surface area contributed by atoms with Gasteiger partial charge in [-0.25, -0.2) is 0 Å². The first-order valence-corrected chi connectivity index (χ1v) is 7.27. The van der Waals surface area contributed by atoms with E-state index in [1.165, 1.54) is 0 Å². The minimum atomic E-state index is -0.269. The van der Waals surface area contributed by atoms with Crippen LogP contribution in [0.1, 0.15) is 41.7 Å². The van der Waals surface area contributed by atoms with Gasteiger partial charge in [-0.15, -0.1) is 0 Å². The van der Waals surface area contributed by atoms with E-state index < -0.39 is 0 Å². The average molecular weight is 283 g/mol. The highest BCUT2D eigenvalue weighted by Gasteiger charge is 2.13. The Morgan fingerprint density at radius 1 is 1.10 bits per heavy atom. The summed E-state index contributed by atoms with van der Waals surface area (Å²) in [5.41, 5.74) is 7.74. The number of hydrogen-bond acceptors (Lipinski definition) is 3. The molecule has 3 nitrogen and oxygen atoms in total. The summed E-state index contributed by atoms with van der Waals surface area (Å²) in [6.45, 7) is 2.75. The fourth-order valence-corrected chi connectivity index (χ4v) is 2.09. The van der Waals surface area contributed by atoms with Crippen LogP contribution in [-0.4, -0.2) is 12.4 Å². The molecule has 0 aromatic heterocycles. The lowest BCUT2D eigenvalue weighted by Gasteiger charge is -2.11. The molecule has 1 atom stereocenters. The average Bonchev–Trinajstić information content (AvgIpc) is 2.54. The molecule has 2 N–H and O–H groups in total. The molecular formula is C18H21NO2. The van der Waals surface area contributed by atoms with Crippen molar-refractivity contribution < 1.29 is 9.53 Å². The zero-order valence-electron chi connectivity index (χ0n) is 12.3. The zero-order chi connectivity index (χ0) is 15.1. The Morgan fingerprint density at radius 2 is 1.76 bits per heavy atom. The quantitative estimate of drug-likeness (QED) is 0.787. The molecule has 2 aromatic carbocycles. The van der Waals surface area contributed by atoms with Crippen LogP contribution in [0, 0.1) is 0 Å². The van der Waals surface area contributed by atoms with Crippen LogP contribution in [0.3, 0.4) is 0 Å². The molecule has 0 aliphatic heterocycles. The Morgan fingerprint density at radius 3 is 2.38 bits per heavy atom. The SMILES string of the molecule is CCCOc1ccc(C(=O)CC(N)c2ccccc2)cc1. The monoisotopic (exact) mass is 283 g/mol. The lowest BCUT2D eigenvalue weighted by Crippen LogP contribution is -2.15. The highest BCUT2D eigenvalue weighted by molar-refractivity contribution is 5.96. The molecule has 2 rings (SSSR count). The molecule has 0 fully saturated rings. The van der Waals surface area contributed by atoms with Gasteiger partial charge in [-0.2, -0.15) is 0 Å². The minimum absolute atomic E-state index is 0.0494. The van der Waals surface area contributed by atoms with E-state index in [9.17, 15) is 4.79 Å². The van der Waals surface area contributed by atoms with Crippen LogP contribution in [0.25, 0.3) is 0 Å². The number of Topliss-reactive ketones (excluding diaryl/α,β-unsaturated/α-hetero) is 1. The third-order valence-corrected chi connectivity index (χ3v) is 3.28. The van der Waals surface area contributed by atoms with Crippen LogP contribution >= 0.6 is 0 Å². The highest BCUT2D eigenvalue weighted by atomic mass is 16.5. The molecule has 0 saturated carbocycles. The molecule has 1 unspecified atom stereocenters. The van der Waals surface area contributed by atoms with Gasteiger partial charge in [0, 0.05) is 18.0 Å². The van der Waals surface area contributed by atoms with E-state index in [-0.39, 0.29) is 11.8 Å². The summed E-state index contributed by atoms with van der Waals surface area (Å²) in [5, 5.41) is 0. The summed E-state index contributed by atoms with van der Waals surface area (Å²) in [6, 6.07) is 16.7. The molecule has 0 bridgehead atoms. The van der Waals surface area contributed by atoms with Crippen LogP contribution in [0.4, 0.5) is 0 Å². The molecule has 0 aliphatic carbocycles. The summed E-state index contributed by atoms with van der Waals surface area (Å²) >= 11 is 0. The molecule has 21 heavy (non-hydrogen) atoms. The lowest BCUT2D eigenvalue weighted by atomic mass is 9.99. The van der Waals surface area contributed by atoms with E-state index in [2.05, 4.69) is 6.92 Å². The van der Waals surface area contributed by atoms with Gasteiger partial charge in [0.15, 0.2) is 5.78 Å². The van der Waals surface area contributed by atoms with Crippen molar-refractivity contribution in [3.63, 3.8) is 0 Å². The van der Waals surface area contributed by atoms with Gasteiger partial charge in [-0.05, 0) is 36.2 Å². The maximum Gasteiger partial charge on any atom is 0.164 e. The van der Waals surface area contributed by atoms with Crippen LogP contribution < -0.4 is 10.5 Å². The molecular weight excluding hydrogens is 262 g/mol. The summed E-state index contributed by atoms with van der Waals surface area (Å²) in [4.78, 5) is 12.2. The fraction of sp³-hybridized carbons (Fsp3) is 0.278. The van der Waals surface area contributed by atoms with Crippen molar-refractivity contribution in [1.29, 1.82) is 0 Å². The van der Waals surface area contributed by atoms with E-state index >= 15 is 0 Å². The Kier molecular flexibility index (Phi) is 5.52. The van der Waals surface area contributed by atoms with Crippen molar-refractivity contribution >= 4 is 5.78 Å². The molecule has 110 valence electrons.